The van der Waals surface area contributed by atoms with Crippen molar-refractivity contribution in [2.45, 2.75) is 20.0 Å². The molecule has 2 aromatic carbocycles. The van der Waals surface area contributed by atoms with Crippen molar-refractivity contribution >= 4 is 11.6 Å². The molecule has 122 valence electrons. The summed E-state index contributed by atoms with van der Waals surface area (Å²) in [4.78, 5) is 4.74. The lowest BCUT2D eigenvalue weighted by Gasteiger charge is -2.35. The van der Waals surface area contributed by atoms with Crippen LogP contribution in [0.4, 0.5) is 4.39 Å². The topological polar surface area (TPSA) is 6.48 Å². The molecule has 1 heterocycles. The number of nitrogens with zero attached hydrogens (tertiary/aromatic N) is 2. The Morgan fingerprint density at radius 2 is 1.57 bits per heavy atom. The van der Waals surface area contributed by atoms with Crippen molar-refractivity contribution in [3.05, 3.63) is 70.0 Å². The van der Waals surface area contributed by atoms with Crippen LogP contribution in [0.3, 0.4) is 0 Å². The second-order valence-corrected chi connectivity index (χ2v) is 6.59. The van der Waals surface area contributed by atoms with Crippen molar-refractivity contribution in [2.24, 2.45) is 0 Å². The molecule has 0 N–H and O–H groups in total. The van der Waals surface area contributed by atoms with Gasteiger partial charge in [0.2, 0.25) is 0 Å². The van der Waals surface area contributed by atoms with Gasteiger partial charge in [0.15, 0.2) is 0 Å². The summed E-state index contributed by atoms with van der Waals surface area (Å²) in [6.07, 6.45) is 0. The summed E-state index contributed by atoms with van der Waals surface area (Å²) >= 11 is 6.13. The first-order chi connectivity index (χ1) is 11.1. The summed E-state index contributed by atoms with van der Waals surface area (Å²) in [6.45, 7) is 7.62. The molecule has 0 atom stereocenters. The Balaban J connectivity index is 1.56. The zero-order valence-electron chi connectivity index (χ0n) is 13.4. The average molecular weight is 333 g/mol. The van der Waals surface area contributed by atoms with E-state index in [0.717, 1.165) is 32.7 Å². The number of aryl methyl sites for hydroxylation is 1. The molecule has 0 saturated carbocycles. The molecule has 1 saturated heterocycles. The number of hydrogen-bond acceptors (Lipinski definition) is 2. The molecule has 2 aromatic rings. The van der Waals surface area contributed by atoms with Crippen LogP contribution in [0.5, 0.6) is 0 Å². The Kier molecular flexibility index (Phi) is 5.31. The van der Waals surface area contributed by atoms with Gasteiger partial charge in [0.1, 0.15) is 5.82 Å². The standard InChI is InChI=1S/C19H22ClFN2/c1-15-5-2-3-6-16(15)13-22-9-11-23(12-10-22)14-17-18(20)7-4-8-19(17)21/h2-8H,9-14H2,1H3. The van der Waals surface area contributed by atoms with Gasteiger partial charge < -0.3 is 0 Å². The summed E-state index contributed by atoms with van der Waals surface area (Å²) in [5, 5.41) is 0.521. The molecular formula is C19H22ClFN2. The van der Waals surface area contributed by atoms with E-state index in [1.165, 1.54) is 17.2 Å². The van der Waals surface area contributed by atoms with Gasteiger partial charge in [-0.05, 0) is 30.2 Å². The first-order valence-corrected chi connectivity index (χ1v) is 8.43. The Morgan fingerprint density at radius 1 is 0.913 bits per heavy atom. The van der Waals surface area contributed by atoms with Crippen LogP contribution in [0.1, 0.15) is 16.7 Å². The van der Waals surface area contributed by atoms with E-state index in [1.54, 1.807) is 12.1 Å². The van der Waals surface area contributed by atoms with Crippen LogP contribution in [0.2, 0.25) is 5.02 Å². The van der Waals surface area contributed by atoms with Crippen molar-refractivity contribution in [3.8, 4) is 0 Å². The molecule has 2 nitrogen and oxygen atoms in total. The van der Waals surface area contributed by atoms with Crippen LogP contribution >= 0.6 is 11.6 Å². The molecule has 23 heavy (non-hydrogen) atoms. The maximum Gasteiger partial charge on any atom is 0.129 e. The van der Waals surface area contributed by atoms with Crippen molar-refractivity contribution in [1.82, 2.24) is 9.80 Å². The van der Waals surface area contributed by atoms with Crippen LogP contribution in [0.15, 0.2) is 42.5 Å². The number of halogens is 2. The highest BCUT2D eigenvalue weighted by Crippen LogP contribution is 2.21. The monoisotopic (exact) mass is 332 g/mol. The van der Waals surface area contributed by atoms with E-state index < -0.39 is 0 Å². The molecule has 4 heteroatoms. The zero-order valence-corrected chi connectivity index (χ0v) is 14.2. The minimum atomic E-state index is -0.208. The molecule has 0 bridgehead atoms. The van der Waals surface area contributed by atoms with Crippen molar-refractivity contribution in [1.29, 1.82) is 0 Å². The normalized spacial score (nSPS) is 16.7. The lowest BCUT2D eigenvalue weighted by molar-refractivity contribution is 0.121. The van der Waals surface area contributed by atoms with E-state index >= 15 is 0 Å². The van der Waals surface area contributed by atoms with Crippen LogP contribution in [-0.4, -0.2) is 36.0 Å². The minimum absolute atomic E-state index is 0.208. The van der Waals surface area contributed by atoms with Gasteiger partial charge in [-0.2, -0.15) is 0 Å². The molecule has 0 radical (unpaired) electrons. The smallest absolute Gasteiger partial charge is 0.129 e. The zero-order chi connectivity index (χ0) is 16.2. The van der Waals surface area contributed by atoms with E-state index in [0.29, 0.717) is 17.1 Å². The van der Waals surface area contributed by atoms with Gasteiger partial charge in [-0.15, -0.1) is 0 Å². The predicted octanol–water partition coefficient (Wildman–Crippen LogP) is 4.11. The molecule has 1 fully saturated rings. The third-order valence-corrected chi connectivity index (χ3v) is 4.92. The summed E-state index contributed by atoms with van der Waals surface area (Å²) in [5.41, 5.74) is 3.34. The van der Waals surface area contributed by atoms with Gasteiger partial charge in [0.25, 0.3) is 0 Å². The largest absolute Gasteiger partial charge is 0.297 e. The third-order valence-electron chi connectivity index (χ3n) is 4.56. The number of piperazine rings is 1. The molecule has 0 spiro atoms. The Labute approximate surface area is 142 Å². The molecular weight excluding hydrogens is 311 g/mol. The second-order valence-electron chi connectivity index (χ2n) is 6.18. The quantitative estimate of drug-likeness (QED) is 0.831. The summed E-state index contributed by atoms with van der Waals surface area (Å²) < 4.78 is 13.9. The fraction of sp³-hybridized carbons (Fsp3) is 0.368. The van der Waals surface area contributed by atoms with Crippen molar-refractivity contribution < 1.29 is 4.39 Å². The van der Waals surface area contributed by atoms with Crippen LogP contribution in [0.25, 0.3) is 0 Å². The van der Waals surface area contributed by atoms with Crippen molar-refractivity contribution in [3.63, 3.8) is 0 Å². The number of rotatable bonds is 4. The highest BCUT2D eigenvalue weighted by atomic mass is 35.5. The molecule has 0 aliphatic carbocycles. The fourth-order valence-corrected chi connectivity index (χ4v) is 3.26. The van der Waals surface area contributed by atoms with Crippen molar-refractivity contribution in [2.75, 3.05) is 26.2 Å². The van der Waals surface area contributed by atoms with E-state index in [1.807, 2.05) is 0 Å². The van der Waals surface area contributed by atoms with Crippen LogP contribution in [-0.2, 0) is 13.1 Å². The number of benzene rings is 2. The maximum atomic E-state index is 13.9. The summed E-state index contributed by atoms with van der Waals surface area (Å²) in [6, 6.07) is 13.4. The van der Waals surface area contributed by atoms with Gasteiger partial charge >= 0.3 is 0 Å². The van der Waals surface area contributed by atoms with E-state index in [-0.39, 0.29) is 5.82 Å². The molecule has 1 aliphatic rings. The maximum absolute atomic E-state index is 13.9. The molecule has 0 aromatic heterocycles. The predicted molar refractivity (Wildman–Crippen MR) is 93.1 cm³/mol. The minimum Gasteiger partial charge on any atom is -0.297 e. The third kappa shape index (κ3) is 4.11. The highest BCUT2D eigenvalue weighted by molar-refractivity contribution is 6.31. The Hall–Kier alpha value is -1.42. The highest BCUT2D eigenvalue weighted by Gasteiger charge is 2.19. The molecule has 0 unspecified atom stereocenters. The summed E-state index contributed by atoms with van der Waals surface area (Å²) in [7, 11) is 0. The Morgan fingerprint density at radius 3 is 2.22 bits per heavy atom. The Bertz CT molecular complexity index is 646. The van der Waals surface area contributed by atoms with Gasteiger partial charge in [0, 0.05) is 49.9 Å². The first kappa shape index (κ1) is 16.4. The van der Waals surface area contributed by atoms with Gasteiger partial charge in [0.05, 0.1) is 0 Å². The van der Waals surface area contributed by atoms with Gasteiger partial charge in [-0.1, -0.05) is 41.9 Å². The van der Waals surface area contributed by atoms with E-state index in [2.05, 4.69) is 41.0 Å². The van der Waals surface area contributed by atoms with E-state index in [9.17, 15) is 4.39 Å². The lowest BCUT2D eigenvalue weighted by Crippen LogP contribution is -2.45. The van der Waals surface area contributed by atoms with Crippen LogP contribution in [0, 0.1) is 12.7 Å². The fourth-order valence-electron chi connectivity index (χ4n) is 3.04. The molecule has 1 aliphatic heterocycles. The SMILES string of the molecule is Cc1ccccc1CN1CCN(Cc2c(F)cccc2Cl)CC1. The van der Waals surface area contributed by atoms with E-state index in [4.69, 9.17) is 11.6 Å². The second kappa shape index (κ2) is 7.43. The lowest BCUT2D eigenvalue weighted by atomic mass is 10.1. The van der Waals surface area contributed by atoms with Gasteiger partial charge in [-0.3, -0.25) is 9.80 Å². The van der Waals surface area contributed by atoms with Gasteiger partial charge in [-0.25, -0.2) is 4.39 Å². The van der Waals surface area contributed by atoms with Crippen LogP contribution < -0.4 is 0 Å². The number of hydrogen-bond donors (Lipinski definition) is 0. The average Bonchev–Trinajstić information content (AvgIpc) is 2.55. The molecule has 3 rings (SSSR count). The first-order valence-electron chi connectivity index (χ1n) is 8.05. The molecule has 0 amide bonds. The summed E-state index contributed by atoms with van der Waals surface area (Å²) in [5.74, 6) is -0.208.